The van der Waals surface area contributed by atoms with E-state index in [0.29, 0.717) is 31.2 Å². The molecule has 35 heavy (non-hydrogen) atoms. The smallest absolute Gasteiger partial charge is 0.405 e. The van der Waals surface area contributed by atoms with Gasteiger partial charge >= 0.3 is 6.18 Å². The first kappa shape index (κ1) is 26.4. The summed E-state index contributed by atoms with van der Waals surface area (Å²) in [5.41, 5.74) is 0.512. The van der Waals surface area contributed by atoms with Gasteiger partial charge in [0.25, 0.3) is 11.8 Å². The van der Waals surface area contributed by atoms with Gasteiger partial charge in [-0.2, -0.15) is 22.5 Å². The summed E-state index contributed by atoms with van der Waals surface area (Å²) in [7, 11) is 0. The summed E-state index contributed by atoms with van der Waals surface area (Å²) in [4.78, 5) is 21.0. The zero-order valence-corrected chi connectivity index (χ0v) is 18.9. The fourth-order valence-electron chi connectivity index (χ4n) is 3.40. The number of aromatic nitrogens is 2. The molecule has 1 aromatic carbocycles. The van der Waals surface area contributed by atoms with Gasteiger partial charge in [0.2, 0.25) is 11.7 Å². The maximum atomic E-state index is 14.7. The van der Waals surface area contributed by atoms with Crippen LogP contribution in [0.1, 0.15) is 31.7 Å². The third kappa shape index (κ3) is 7.62. The number of hydrogen-bond acceptors (Lipinski definition) is 6. The Labute approximate surface area is 197 Å². The van der Waals surface area contributed by atoms with Crippen LogP contribution < -0.4 is 19.7 Å². The number of benzene rings is 1. The van der Waals surface area contributed by atoms with E-state index < -0.39 is 48.8 Å². The molecule has 0 spiro atoms. The van der Waals surface area contributed by atoms with E-state index in [4.69, 9.17) is 9.47 Å². The van der Waals surface area contributed by atoms with Gasteiger partial charge in [0.15, 0.2) is 12.4 Å². The van der Waals surface area contributed by atoms with Crippen molar-refractivity contribution >= 4 is 11.7 Å². The van der Waals surface area contributed by atoms with Gasteiger partial charge < -0.3 is 19.7 Å². The van der Waals surface area contributed by atoms with Gasteiger partial charge in [-0.15, -0.1) is 0 Å². The fourth-order valence-corrected chi connectivity index (χ4v) is 3.40. The second-order valence-electron chi connectivity index (χ2n) is 8.27. The SMILES string of the molecule is CC(C(=O)NCC(F)(F)F)c1ccc(OC2CCN(c3ncnc(OCC(C)(F)F)c3F)C2)cc1. The number of amides is 1. The van der Waals surface area contributed by atoms with Crippen molar-refractivity contribution in [3.8, 4) is 11.6 Å². The van der Waals surface area contributed by atoms with Crippen molar-refractivity contribution in [2.24, 2.45) is 0 Å². The highest BCUT2D eigenvalue weighted by atomic mass is 19.4. The first-order chi connectivity index (χ1) is 16.3. The molecular weight excluding hydrogens is 482 g/mol. The Kier molecular flexibility index (Phi) is 7.96. The van der Waals surface area contributed by atoms with E-state index in [9.17, 15) is 31.1 Å². The van der Waals surface area contributed by atoms with E-state index in [-0.39, 0.29) is 18.5 Å². The van der Waals surface area contributed by atoms with Crippen LogP contribution in [0.15, 0.2) is 30.6 Å². The number of anilines is 1. The maximum Gasteiger partial charge on any atom is 0.405 e. The van der Waals surface area contributed by atoms with Crippen LogP contribution in [-0.2, 0) is 4.79 Å². The third-order valence-electron chi connectivity index (χ3n) is 5.19. The molecule has 0 radical (unpaired) electrons. The standard InChI is InChI=1S/C22H24F6N4O3/c1-13(19(33)29-10-22(26,27)28)14-3-5-15(6-4-14)35-16-7-8-32(9-16)18-17(23)20(31-12-30-18)34-11-21(2,24)25/h3-6,12-13,16H,7-11H2,1-2H3,(H,29,33). The molecule has 0 aliphatic carbocycles. The van der Waals surface area contributed by atoms with Crippen molar-refractivity contribution in [3.05, 3.63) is 42.0 Å². The lowest BCUT2D eigenvalue weighted by molar-refractivity contribution is -0.139. The van der Waals surface area contributed by atoms with Crippen molar-refractivity contribution in [2.75, 3.05) is 31.1 Å². The summed E-state index contributed by atoms with van der Waals surface area (Å²) < 4.78 is 88.2. The van der Waals surface area contributed by atoms with Crippen LogP contribution in [0.25, 0.3) is 0 Å². The van der Waals surface area contributed by atoms with Gasteiger partial charge in [-0.25, -0.2) is 13.8 Å². The third-order valence-corrected chi connectivity index (χ3v) is 5.19. The number of halogens is 6. The minimum Gasteiger partial charge on any atom is -0.489 e. The Hall–Kier alpha value is -3.25. The topological polar surface area (TPSA) is 76.6 Å². The summed E-state index contributed by atoms with van der Waals surface area (Å²) in [5.74, 6) is -5.83. The molecule has 0 saturated carbocycles. The van der Waals surface area contributed by atoms with Gasteiger partial charge in [0.1, 0.15) is 24.7 Å². The lowest BCUT2D eigenvalue weighted by Gasteiger charge is -2.20. The summed E-state index contributed by atoms with van der Waals surface area (Å²) >= 11 is 0. The summed E-state index contributed by atoms with van der Waals surface area (Å²) in [5, 5.41) is 1.85. The van der Waals surface area contributed by atoms with Gasteiger partial charge in [0, 0.05) is 19.9 Å². The summed E-state index contributed by atoms with van der Waals surface area (Å²) in [6, 6.07) is 6.34. The average Bonchev–Trinajstić information content (AvgIpc) is 3.24. The van der Waals surface area contributed by atoms with E-state index >= 15 is 0 Å². The molecule has 1 amide bonds. The second-order valence-corrected chi connectivity index (χ2v) is 8.27. The highest BCUT2D eigenvalue weighted by Crippen LogP contribution is 2.29. The quantitative estimate of drug-likeness (QED) is 0.517. The molecule has 1 aromatic heterocycles. The minimum atomic E-state index is -4.49. The van der Waals surface area contributed by atoms with Gasteiger partial charge in [-0.1, -0.05) is 12.1 Å². The van der Waals surface area contributed by atoms with E-state index in [1.807, 2.05) is 5.32 Å². The van der Waals surface area contributed by atoms with E-state index in [1.165, 1.54) is 6.92 Å². The van der Waals surface area contributed by atoms with Crippen molar-refractivity contribution in [1.29, 1.82) is 0 Å². The molecule has 2 atom stereocenters. The van der Waals surface area contributed by atoms with Crippen molar-refractivity contribution in [2.45, 2.75) is 44.4 Å². The molecular formula is C22H24F6N4O3. The van der Waals surface area contributed by atoms with E-state index in [0.717, 1.165) is 6.33 Å². The fraction of sp³-hybridized carbons (Fsp3) is 0.500. The number of hydrogen-bond donors (Lipinski definition) is 1. The molecule has 1 fully saturated rings. The lowest BCUT2D eigenvalue weighted by Crippen LogP contribution is -2.36. The minimum absolute atomic E-state index is 0.0884. The predicted octanol–water partition coefficient (Wildman–Crippen LogP) is 4.09. The number of rotatable bonds is 9. The van der Waals surface area contributed by atoms with E-state index in [2.05, 4.69) is 9.97 Å². The Morgan fingerprint density at radius 2 is 1.89 bits per heavy atom. The Morgan fingerprint density at radius 3 is 2.51 bits per heavy atom. The molecule has 2 aromatic rings. The van der Waals surface area contributed by atoms with Crippen LogP contribution in [-0.4, -0.2) is 60.3 Å². The zero-order valence-electron chi connectivity index (χ0n) is 18.9. The number of carbonyl (C=O) groups is 1. The first-order valence-corrected chi connectivity index (χ1v) is 10.7. The molecule has 1 aliphatic heterocycles. The lowest BCUT2D eigenvalue weighted by atomic mass is 10.0. The van der Waals surface area contributed by atoms with Crippen LogP contribution in [0.5, 0.6) is 11.6 Å². The van der Waals surface area contributed by atoms with Crippen molar-refractivity contribution in [3.63, 3.8) is 0 Å². The van der Waals surface area contributed by atoms with Crippen LogP contribution in [0, 0.1) is 5.82 Å². The molecule has 7 nitrogen and oxygen atoms in total. The largest absolute Gasteiger partial charge is 0.489 e. The van der Waals surface area contributed by atoms with Crippen LogP contribution in [0.4, 0.5) is 32.2 Å². The predicted molar refractivity (Wildman–Crippen MR) is 113 cm³/mol. The normalized spacial score (nSPS) is 17.3. The maximum absolute atomic E-state index is 14.7. The van der Waals surface area contributed by atoms with Crippen LogP contribution in [0.2, 0.25) is 0 Å². The Balaban J connectivity index is 1.56. The monoisotopic (exact) mass is 506 g/mol. The number of carbonyl (C=O) groups excluding carboxylic acids is 1. The Morgan fingerprint density at radius 1 is 1.20 bits per heavy atom. The number of ether oxygens (including phenoxy) is 2. The molecule has 3 rings (SSSR count). The van der Waals surface area contributed by atoms with Gasteiger partial charge in [-0.3, -0.25) is 4.79 Å². The highest BCUT2D eigenvalue weighted by Gasteiger charge is 2.31. The molecule has 1 N–H and O–H groups in total. The van der Waals surface area contributed by atoms with Gasteiger partial charge in [0.05, 0.1) is 12.5 Å². The molecule has 2 unspecified atom stereocenters. The van der Waals surface area contributed by atoms with Crippen molar-refractivity contribution in [1.82, 2.24) is 15.3 Å². The first-order valence-electron chi connectivity index (χ1n) is 10.7. The van der Waals surface area contributed by atoms with Crippen LogP contribution >= 0.6 is 0 Å². The average molecular weight is 506 g/mol. The second kappa shape index (κ2) is 10.6. The van der Waals surface area contributed by atoms with Crippen molar-refractivity contribution < 1.29 is 40.6 Å². The number of nitrogens with one attached hydrogen (secondary N) is 1. The molecule has 13 heteroatoms. The zero-order chi connectivity index (χ0) is 25.8. The summed E-state index contributed by atoms with van der Waals surface area (Å²) in [6.45, 7) is 0.356. The molecule has 192 valence electrons. The van der Waals surface area contributed by atoms with E-state index in [1.54, 1.807) is 29.2 Å². The molecule has 1 aliphatic rings. The summed E-state index contributed by atoms with van der Waals surface area (Å²) in [6.07, 6.45) is -3.28. The molecule has 1 saturated heterocycles. The highest BCUT2D eigenvalue weighted by molar-refractivity contribution is 5.83. The number of nitrogens with zero attached hydrogens (tertiary/aromatic N) is 3. The van der Waals surface area contributed by atoms with Crippen LogP contribution in [0.3, 0.4) is 0 Å². The molecule has 2 heterocycles. The number of alkyl halides is 5. The molecule has 0 bridgehead atoms. The Bertz CT molecular complexity index is 1010. The van der Waals surface area contributed by atoms with Gasteiger partial charge in [-0.05, 0) is 24.6 Å².